The molecule has 0 saturated carbocycles. The SMILES string of the molecule is CCCCc1nc2ccc(NC(=O)NC)cc2o1. The fraction of sp³-hybridized carbons (Fsp3) is 0.385. The van der Waals surface area contributed by atoms with E-state index in [0.717, 1.165) is 30.7 Å². The number of rotatable bonds is 4. The van der Waals surface area contributed by atoms with Gasteiger partial charge < -0.3 is 15.1 Å². The summed E-state index contributed by atoms with van der Waals surface area (Å²) in [4.78, 5) is 15.6. The Balaban J connectivity index is 2.19. The molecule has 0 saturated heterocycles. The fourth-order valence-corrected chi connectivity index (χ4v) is 1.68. The van der Waals surface area contributed by atoms with Gasteiger partial charge in [-0.2, -0.15) is 0 Å². The number of amides is 2. The molecule has 0 fully saturated rings. The van der Waals surface area contributed by atoms with Gasteiger partial charge in [0.15, 0.2) is 11.5 Å². The number of carbonyl (C=O) groups is 1. The van der Waals surface area contributed by atoms with E-state index in [2.05, 4.69) is 22.5 Å². The van der Waals surface area contributed by atoms with E-state index < -0.39 is 0 Å². The van der Waals surface area contributed by atoms with Crippen molar-refractivity contribution in [2.24, 2.45) is 0 Å². The average Bonchev–Trinajstić information content (AvgIpc) is 2.78. The smallest absolute Gasteiger partial charge is 0.318 e. The van der Waals surface area contributed by atoms with Crippen LogP contribution in [-0.2, 0) is 6.42 Å². The topological polar surface area (TPSA) is 67.2 Å². The van der Waals surface area contributed by atoms with Gasteiger partial charge in [-0.1, -0.05) is 13.3 Å². The van der Waals surface area contributed by atoms with Crippen molar-refractivity contribution in [1.29, 1.82) is 0 Å². The molecule has 5 nitrogen and oxygen atoms in total. The van der Waals surface area contributed by atoms with Crippen molar-refractivity contribution in [3.05, 3.63) is 24.1 Å². The van der Waals surface area contributed by atoms with Crippen LogP contribution in [-0.4, -0.2) is 18.1 Å². The van der Waals surface area contributed by atoms with Crippen LogP contribution in [0.15, 0.2) is 22.6 Å². The lowest BCUT2D eigenvalue weighted by atomic mass is 10.2. The lowest BCUT2D eigenvalue weighted by molar-refractivity contribution is 0.254. The number of benzene rings is 1. The lowest BCUT2D eigenvalue weighted by Crippen LogP contribution is -2.24. The number of carbonyl (C=O) groups excluding carboxylic acids is 1. The third-order valence-corrected chi connectivity index (χ3v) is 2.66. The Morgan fingerprint density at radius 2 is 2.28 bits per heavy atom. The summed E-state index contributed by atoms with van der Waals surface area (Å²) in [7, 11) is 1.57. The zero-order valence-electron chi connectivity index (χ0n) is 10.6. The number of nitrogens with one attached hydrogen (secondary N) is 2. The van der Waals surface area contributed by atoms with Crippen molar-refractivity contribution in [1.82, 2.24) is 10.3 Å². The normalized spacial score (nSPS) is 10.6. The molecular weight excluding hydrogens is 230 g/mol. The van der Waals surface area contributed by atoms with Crippen molar-refractivity contribution in [2.45, 2.75) is 26.2 Å². The van der Waals surface area contributed by atoms with Crippen LogP contribution in [0.1, 0.15) is 25.7 Å². The molecule has 1 aromatic carbocycles. The summed E-state index contributed by atoms with van der Waals surface area (Å²) < 4.78 is 5.64. The first kappa shape index (κ1) is 12.4. The summed E-state index contributed by atoms with van der Waals surface area (Å²) in [5, 5.41) is 5.20. The van der Waals surface area contributed by atoms with Crippen molar-refractivity contribution in [2.75, 3.05) is 12.4 Å². The highest BCUT2D eigenvalue weighted by Crippen LogP contribution is 2.21. The number of urea groups is 1. The second-order valence-corrected chi connectivity index (χ2v) is 4.10. The number of hydrogen-bond donors (Lipinski definition) is 2. The molecule has 0 atom stereocenters. The van der Waals surface area contributed by atoms with Gasteiger partial charge in [-0.05, 0) is 18.6 Å². The van der Waals surface area contributed by atoms with Crippen LogP contribution in [0.25, 0.3) is 11.1 Å². The van der Waals surface area contributed by atoms with Crippen molar-refractivity contribution >= 4 is 22.8 Å². The van der Waals surface area contributed by atoms with E-state index in [4.69, 9.17) is 4.42 Å². The summed E-state index contributed by atoms with van der Waals surface area (Å²) in [6, 6.07) is 5.19. The number of oxazole rings is 1. The summed E-state index contributed by atoms with van der Waals surface area (Å²) in [5.41, 5.74) is 2.22. The summed E-state index contributed by atoms with van der Waals surface area (Å²) in [6.07, 6.45) is 3.03. The highest BCUT2D eigenvalue weighted by molar-refractivity contribution is 5.91. The molecule has 0 bridgehead atoms. The first-order chi connectivity index (χ1) is 8.72. The second kappa shape index (κ2) is 5.53. The van der Waals surface area contributed by atoms with Crippen LogP contribution in [0.4, 0.5) is 10.5 Å². The zero-order chi connectivity index (χ0) is 13.0. The van der Waals surface area contributed by atoms with Gasteiger partial charge in [0, 0.05) is 25.2 Å². The predicted octanol–water partition coefficient (Wildman–Crippen LogP) is 2.92. The average molecular weight is 247 g/mol. The number of hydrogen-bond acceptors (Lipinski definition) is 3. The standard InChI is InChI=1S/C13H17N3O2/c1-3-4-5-12-16-10-7-6-9(8-11(10)18-12)15-13(17)14-2/h6-8H,3-5H2,1-2H3,(H2,14,15,17). The van der Waals surface area contributed by atoms with Crippen LogP contribution in [0.3, 0.4) is 0 Å². The van der Waals surface area contributed by atoms with Gasteiger partial charge in [0.25, 0.3) is 0 Å². The Kier molecular flexibility index (Phi) is 3.82. The maximum Gasteiger partial charge on any atom is 0.318 e. The molecule has 2 amide bonds. The van der Waals surface area contributed by atoms with Gasteiger partial charge in [0.1, 0.15) is 5.52 Å². The predicted molar refractivity (Wildman–Crippen MR) is 70.7 cm³/mol. The van der Waals surface area contributed by atoms with Crippen molar-refractivity contribution in [3.8, 4) is 0 Å². The number of aromatic nitrogens is 1. The van der Waals surface area contributed by atoms with Crippen LogP contribution < -0.4 is 10.6 Å². The third-order valence-electron chi connectivity index (χ3n) is 2.66. The van der Waals surface area contributed by atoms with Gasteiger partial charge in [-0.3, -0.25) is 0 Å². The Hall–Kier alpha value is -2.04. The first-order valence-electron chi connectivity index (χ1n) is 6.11. The Morgan fingerprint density at radius 1 is 1.44 bits per heavy atom. The molecule has 2 N–H and O–H groups in total. The van der Waals surface area contributed by atoms with E-state index in [-0.39, 0.29) is 6.03 Å². The lowest BCUT2D eigenvalue weighted by Gasteiger charge is -2.02. The van der Waals surface area contributed by atoms with Gasteiger partial charge in [-0.15, -0.1) is 0 Å². The van der Waals surface area contributed by atoms with Crippen molar-refractivity contribution in [3.63, 3.8) is 0 Å². The third kappa shape index (κ3) is 2.80. The van der Waals surface area contributed by atoms with Gasteiger partial charge in [-0.25, -0.2) is 9.78 Å². The number of fused-ring (bicyclic) bond motifs is 1. The monoisotopic (exact) mass is 247 g/mol. The molecule has 0 radical (unpaired) electrons. The van der Waals surface area contributed by atoms with Crippen LogP contribution >= 0.6 is 0 Å². The largest absolute Gasteiger partial charge is 0.441 e. The molecule has 18 heavy (non-hydrogen) atoms. The quantitative estimate of drug-likeness (QED) is 0.872. The molecule has 96 valence electrons. The molecule has 0 aliphatic heterocycles. The first-order valence-corrected chi connectivity index (χ1v) is 6.11. The van der Waals surface area contributed by atoms with Crippen molar-refractivity contribution < 1.29 is 9.21 Å². The minimum Gasteiger partial charge on any atom is -0.441 e. The molecule has 2 rings (SSSR count). The molecule has 5 heteroatoms. The summed E-state index contributed by atoms with van der Waals surface area (Å²) >= 11 is 0. The van der Waals surface area contributed by atoms with E-state index in [1.807, 2.05) is 12.1 Å². The highest BCUT2D eigenvalue weighted by atomic mass is 16.3. The molecular formula is C13H17N3O2. The minimum atomic E-state index is -0.250. The van der Waals surface area contributed by atoms with Gasteiger partial charge in [0.05, 0.1) is 0 Å². The van der Waals surface area contributed by atoms with E-state index in [0.29, 0.717) is 11.3 Å². The molecule has 1 aromatic heterocycles. The minimum absolute atomic E-state index is 0.250. The maximum absolute atomic E-state index is 11.2. The number of anilines is 1. The molecule has 0 aliphatic rings. The molecule has 2 aromatic rings. The van der Waals surface area contributed by atoms with Gasteiger partial charge >= 0.3 is 6.03 Å². The summed E-state index contributed by atoms with van der Waals surface area (Å²) in [6.45, 7) is 2.13. The Bertz CT molecular complexity index is 548. The molecule has 0 unspecified atom stereocenters. The van der Waals surface area contributed by atoms with E-state index >= 15 is 0 Å². The summed E-state index contributed by atoms with van der Waals surface area (Å²) in [5.74, 6) is 0.754. The fourth-order valence-electron chi connectivity index (χ4n) is 1.68. The van der Waals surface area contributed by atoms with E-state index in [1.54, 1.807) is 13.1 Å². The van der Waals surface area contributed by atoms with E-state index in [1.165, 1.54) is 0 Å². The molecule has 1 heterocycles. The highest BCUT2D eigenvalue weighted by Gasteiger charge is 2.07. The van der Waals surface area contributed by atoms with Crippen LogP contribution in [0, 0.1) is 0 Å². The van der Waals surface area contributed by atoms with Crippen LogP contribution in [0.2, 0.25) is 0 Å². The number of aryl methyl sites for hydroxylation is 1. The number of nitrogens with zero attached hydrogens (tertiary/aromatic N) is 1. The second-order valence-electron chi connectivity index (χ2n) is 4.10. The van der Waals surface area contributed by atoms with Crippen LogP contribution in [0.5, 0.6) is 0 Å². The van der Waals surface area contributed by atoms with E-state index in [9.17, 15) is 4.79 Å². The maximum atomic E-state index is 11.2. The Labute approximate surface area is 106 Å². The molecule has 0 aliphatic carbocycles. The number of unbranched alkanes of at least 4 members (excludes halogenated alkanes) is 1. The van der Waals surface area contributed by atoms with Gasteiger partial charge in [0.2, 0.25) is 0 Å². The molecule has 0 spiro atoms. The Morgan fingerprint density at radius 3 is 3.00 bits per heavy atom. The zero-order valence-corrected chi connectivity index (χ0v) is 10.6.